The van der Waals surface area contributed by atoms with Crippen LogP contribution in [-0.4, -0.2) is 44.3 Å². The monoisotopic (exact) mass is 311 g/mol. The average molecular weight is 311 g/mol. The Morgan fingerprint density at radius 2 is 1.81 bits per heavy atom. The molecule has 0 bridgehead atoms. The molecule has 1 aromatic carbocycles. The van der Waals surface area contributed by atoms with E-state index in [9.17, 15) is 8.42 Å². The zero-order valence-electron chi connectivity index (χ0n) is 12.6. The highest BCUT2D eigenvalue weighted by atomic mass is 32.2. The Hall–Kier alpha value is -1.62. The summed E-state index contributed by atoms with van der Waals surface area (Å²) in [5.74, 6) is 0.762. The molecule has 0 spiro atoms. The summed E-state index contributed by atoms with van der Waals surface area (Å²) >= 11 is 0. The third-order valence-corrected chi connectivity index (χ3v) is 4.85. The molecule has 0 heterocycles. The van der Waals surface area contributed by atoms with Crippen LogP contribution in [0.4, 0.5) is 0 Å². The lowest BCUT2D eigenvalue weighted by molar-refractivity contribution is 0.340. The van der Waals surface area contributed by atoms with E-state index in [0.717, 1.165) is 11.3 Å². The van der Waals surface area contributed by atoms with Crippen LogP contribution in [0.2, 0.25) is 0 Å². The summed E-state index contributed by atoms with van der Waals surface area (Å²) in [7, 11) is -0.549. The van der Waals surface area contributed by atoms with Crippen LogP contribution >= 0.6 is 0 Å². The highest BCUT2D eigenvalue weighted by molar-refractivity contribution is 7.86. The summed E-state index contributed by atoms with van der Waals surface area (Å²) in [6, 6.07) is 9.25. The fourth-order valence-electron chi connectivity index (χ4n) is 1.76. The lowest BCUT2D eigenvalue weighted by Crippen LogP contribution is -2.39. The van der Waals surface area contributed by atoms with Crippen molar-refractivity contribution in [2.24, 2.45) is 0 Å². The van der Waals surface area contributed by atoms with Gasteiger partial charge in [-0.25, -0.2) is 0 Å². The van der Waals surface area contributed by atoms with E-state index in [1.807, 2.05) is 37.3 Å². The van der Waals surface area contributed by atoms with Gasteiger partial charge in [-0.3, -0.25) is 0 Å². The molecule has 0 aliphatic rings. The topological polar surface area (TPSA) is 73.6 Å². The molecule has 6 nitrogen and oxygen atoms in total. The zero-order chi connectivity index (χ0) is 15.9. The first-order valence-electron chi connectivity index (χ1n) is 6.68. The lowest BCUT2D eigenvalue weighted by Gasteiger charge is -2.23. The summed E-state index contributed by atoms with van der Waals surface area (Å²) in [4.78, 5) is 0. The Morgan fingerprint density at radius 1 is 1.19 bits per heavy atom. The van der Waals surface area contributed by atoms with Gasteiger partial charge in [-0.2, -0.15) is 22.3 Å². The molecule has 116 valence electrons. The van der Waals surface area contributed by atoms with E-state index in [-0.39, 0.29) is 19.5 Å². The number of nitrogens with zero attached hydrogens (tertiary/aromatic N) is 3. The van der Waals surface area contributed by atoms with Gasteiger partial charge >= 0.3 is 0 Å². The molecule has 0 aromatic heterocycles. The van der Waals surface area contributed by atoms with Gasteiger partial charge in [-0.1, -0.05) is 12.1 Å². The maximum Gasteiger partial charge on any atom is 0.281 e. The zero-order valence-corrected chi connectivity index (χ0v) is 13.4. The highest BCUT2D eigenvalue weighted by Gasteiger charge is 2.23. The van der Waals surface area contributed by atoms with E-state index < -0.39 is 10.2 Å². The molecule has 0 radical (unpaired) electrons. The Balaban J connectivity index is 2.71. The van der Waals surface area contributed by atoms with Crippen LogP contribution in [0.5, 0.6) is 5.75 Å². The van der Waals surface area contributed by atoms with E-state index in [0.29, 0.717) is 6.61 Å². The van der Waals surface area contributed by atoms with E-state index in [1.165, 1.54) is 22.7 Å². The molecule has 1 rings (SSSR count). The van der Waals surface area contributed by atoms with Gasteiger partial charge in [0.05, 0.1) is 12.7 Å². The van der Waals surface area contributed by atoms with Crippen LogP contribution < -0.4 is 4.74 Å². The fourth-order valence-corrected chi connectivity index (χ4v) is 2.87. The van der Waals surface area contributed by atoms with Crippen molar-refractivity contribution in [1.29, 1.82) is 5.26 Å². The number of benzene rings is 1. The van der Waals surface area contributed by atoms with Crippen LogP contribution in [0, 0.1) is 11.3 Å². The van der Waals surface area contributed by atoms with E-state index in [4.69, 9.17) is 10.00 Å². The molecule has 0 fully saturated rings. The minimum Gasteiger partial charge on any atom is -0.494 e. The van der Waals surface area contributed by atoms with Crippen LogP contribution in [0.1, 0.15) is 18.9 Å². The number of hydrogen-bond acceptors (Lipinski definition) is 4. The Kier molecular flexibility index (Phi) is 6.62. The van der Waals surface area contributed by atoms with Gasteiger partial charge in [-0.15, -0.1) is 0 Å². The predicted molar refractivity (Wildman–Crippen MR) is 80.9 cm³/mol. The largest absolute Gasteiger partial charge is 0.494 e. The van der Waals surface area contributed by atoms with Gasteiger partial charge < -0.3 is 4.74 Å². The molecule has 0 saturated heterocycles. The van der Waals surface area contributed by atoms with Gasteiger partial charge in [0.25, 0.3) is 10.2 Å². The van der Waals surface area contributed by atoms with Gasteiger partial charge in [-0.05, 0) is 24.6 Å². The molecule has 21 heavy (non-hydrogen) atoms. The molecule has 0 aliphatic carbocycles. The molecular formula is C14H21N3O3S. The quantitative estimate of drug-likeness (QED) is 0.731. The van der Waals surface area contributed by atoms with Gasteiger partial charge in [0, 0.05) is 33.6 Å². The fraction of sp³-hybridized carbons (Fsp3) is 0.500. The van der Waals surface area contributed by atoms with Crippen LogP contribution in [0.3, 0.4) is 0 Å². The molecular weight excluding hydrogens is 290 g/mol. The molecule has 0 aliphatic heterocycles. The maximum absolute atomic E-state index is 12.2. The summed E-state index contributed by atoms with van der Waals surface area (Å²) < 4.78 is 32.2. The summed E-state index contributed by atoms with van der Waals surface area (Å²) in [5, 5.41) is 8.53. The number of rotatable bonds is 8. The van der Waals surface area contributed by atoms with Crippen molar-refractivity contribution >= 4 is 10.2 Å². The maximum atomic E-state index is 12.2. The Morgan fingerprint density at radius 3 is 2.33 bits per heavy atom. The van der Waals surface area contributed by atoms with Crippen molar-refractivity contribution < 1.29 is 13.2 Å². The van der Waals surface area contributed by atoms with Crippen molar-refractivity contribution in [3.05, 3.63) is 29.8 Å². The second kappa shape index (κ2) is 7.98. The average Bonchev–Trinajstić information content (AvgIpc) is 2.46. The van der Waals surface area contributed by atoms with Crippen molar-refractivity contribution in [2.45, 2.75) is 19.9 Å². The summed E-state index contributed by atoms with van der Waals surface area (Å²) in [6.45, 7) is 2.96. The molecule has 0 N–H and O–H groups in total. The second-order valence-corrected chi connectivity index (χ2v) is 6.71. The van der Waals surface area contributed by atoms with E-state index >= 15 is 0 Å². The summed E-state index contributed by atoms with van der Waals surface area (Å²) in [6.07, 6.45) is 0.173. The number of nitriles is 1. The predicted octanol–water partition coefficient (Wildman–Crippen LogP) is 1.61. The van der Waals surface area contributed by atoms with Crippen LogP contribution in [-0.2, 0) is 16.8 Å². The van der Waals surface area contributed by atoms with Gasteiger partial charge in [0.15, 0.2) is 0 Å². The highest BCUT2D eigenvalue weighted by Crippen LogP contribution is 2.15. The number of ether oxygens (including phenoxy) is 1. The van der Waals surface area contributed by atoms with Crippen molar-refractivity contribution in [3.63, 3.8) is 0 Å². The SMILES string of the molecule is CCOc1ccc(CN(C)S(=O)(=O)N(C)CCC#N)cc1. The van der Waals surface area contributed by atoms with Crippen molar-refractivity contribution in [3.8, 4) is 11.8 Å². The Bertz CT molecular complexity index is 578. The molecule has 0 atom stereocenters. The van der Waals surface area contributed by atoms with Crippen LogP contribution in [0.15, 0.2) is 24.3 Å². The molecule has 1 aromatic rings. The minimum absolute atomic E-state index is 0.173. The minimum atomic E-state index is -3.55. The molecule has 0 saturated carbocycles. The number of hydrogen-bond donors (Lipinski definition) is 0. The van der Waals surface area contributed by atoms with Gasteiger partial charge in [0.1, 0.15) is 5.75 Å². The summed E-state index contributed by atoms with van der Waals surface area (Å²) in [5.41, 5.74) is 0.873. The Labute approximate surface area is 126 Å². The third-order valence-electron chi connectivity index (χ3n) is 2.97. The standard InChI is InChI=1S/C14H21N3O3S/c1-4-20-14-8-6-13(7-9-14)12-17(3)21(18,19)16(2)11-5-10-15/h6-9H,4-5,11-12H2,1-3H3. The lowest BCUT2D eigenvalue weighted by atomic mass is 10.2. The first-order valence-corrected chi connectivity index (χ1v) is 8.07. The van der Waals surface area contributed by atoms with E-state index in [1.54, 1.807) is 0 Å². The van der Waals surface area contributed by atoms with E-state index in [2.05, 4.69) is 0 Å². The third kappa shape index (κ3) is 5.01. The van der Waals surface area contributed by atoms with Crippen molar-refractivity contribution in [2.75, 3.05) is 27.2 Å². The second-order valence-electron chi connectivity index (χ2n) is 4.57. The first-order chi connectivity index (χ1) is 9.91. The van der Waals surface area contributed by atoms with Gasteiger partial charge in [0.2, 0.25) is 0 Å². The van der Waals surface area contributed by atoms with Crippen molar-refractivity contribution in [1.82, 2.24) is 8.61 Å². The van der Waals surface area contributed by atoms with Crippen LogP contribution in [0.25, 0.3) is 0 Å². The smallest absolute Gasteiger partial charge is 0.281 e. The normalized spacial score (nSPS) is 11.6. The first kappa shape index (κ1) is 17.4. The molecule has 7 heteroatoms. The molecule has 0 amide bonds. The molecule has 0 unspecified atom stereocenters.